The summed E-state index contributed by atoms with van der Waals surface area (Å²) in [4.78, 5) is 9.33. The first-order valence-electron chi connectivity index (χ1n) is 3.71. The Kier molecular flexibility index (Phi) is 3.01. The maximum atomic E-state index is 12.5. The first-order valence-corrected chi connectivity index (χ1v) is 3.71. The van der Waals surface area contributed by atoms with Crippen molar-refractivity contribution in [3.8, 4) is 0 Å². The fourth-order valence-corrected chi connectivity index (χ4v) is 0.846. The van der Waals surface area contributed by atoms with E-state index in [0.717, 1.165) is 0 Å². The molecule has 0 unspecified atom stereocenters. The summed E-state index contributed by atoms with van der Waals surface area (Å²) in [7, 11) is 0. The molecule has 0 heterocycles. The monoisotopic (exact) mass is 197 g/mol. The van der Waals surface area contributed by atoms with Gasteiger partial charge in [0.1, 0.15) is 5.82 Å². The van der Waals surface area contributed by atoms with Gasteiger partial charge in [-0.3, -0.25) is 10.1 Å². The SMILES string of the molecule is N/C(=C\[N+](=O)[O-])Nc1ccc(F)cc1. The van der Waals surface area contributed by atoms with E-state index >= 15 is 0 Å². The molecule has 0 bridgehead atoms. The summed E-state index contributed by atoms with van der Waals surface area (Å²) < 4.78 is 12.5. The van der Waals surface area contributed by atoms with Crippen LogP contribution in [0.3, 0.4) is 0 Å². The van der Waals surface area contributed by atoms with E-state index in [1.807, 2.05) is 0 Å². The summed E-state index contributed by atoms with van der Waals surface area (Å²) in [5, 5.41) is 12.5. The lowest BCUT2D eigenvalue weighted by atomic mass is 10.3. The van der Waals surface area contributed by atoms with Crippen molar-refractivity contribution >= 4 is 5.69 Å². The lowest BCUT2D eigenvalue weighted by Crippen LogP contribution is -2.10. The number of nitrogens with zero attached hydrogens (tertiary/aromatic N) is 1. The third kappa shape index (κ3) is 3.10. The van der Waals surface area contributed by atoms with Crippen molar-refractivity contribution in [3.63, 3.8) is 0 Å². The van der Waals surface area contributed by atoms with Crippen molar-refractivity contribution in [2.75, 3.05) is 5.32 Å². The molecule has 1 rings (SSSR count). The van der Waals surface area contributed by atoms with Crippen molar-refractivity contribution in [3.05, 3.63) is 52.2 Å². The second kappa shape index (κ2) is 4.22. The minimum atomic E-state index is -0.675. The highest BCUT2D eigenvalue weighted by Gasteiger charge is 1.98. The summed E-state index contributed by atoms with van der Waals surface area (Å²) in [5.74, 6) is -0.492. The number of benzene rings is 1. The van der Waals surface area contributed by atoms with Crippen molar-refractivity contribution in [1.82, 2.24) is 0 Å². The fraction of sp³-hybridized carbons (Fsp3) is 0. The van der Waals surface area contributed by atoms with Crippen molar-refractivity contribution in [2.45, 2.75) is 0 Å². The molecule has 3 N–H and O–H groups in total. The molecule has 0 atom stereocenters. The molecule has 0 aliphatic carbocycles. The fourth-order valence-electron chi connectivity index (χ4n) is 0.846. The average molecular weight is 197 g/mol. The quantitative estimate of drug-likeness (QED) is 0.564. The van der Waals surface area contributed by atoms with Crippen molar-refractivity contribution in [2.24, 2.45) is 5.73 Å². The Labute approximate surface area is 79.2 Å². The van der Waals surface area contributed by atoms with Gasteiger partial charge in [0.25, 0.3) is 6.20 Å². The van der Waals surface area contributed by atoms with Gasteiger partial charge in [0.05, 0.1) is 4.92 Å². The summed E-state index contributed by atoms with van der Waals surface area (Å²) in [6.45, 7) is 0. The first-order chi connectivity index (χ1) is 6.58. The molecule has 74 valence electrons. The Balaban J connectivity index is 2.69. The van der Waals surface area contributed by atoms with Crippen LogP contribution in [0, 0.1) is 15.9 Å². The maximum absolute atomic E-state index is 12.5. The number of hydrogen-bond acceptors (Lipinski definition) is 4. The summed E-state index contributed by atoms with van der Waals surface area (Å²) in [5.41, 5.74) is 5.75. The van der Waals surface area contributed by atoms with Crippen LogP contribution < -0.4 is 11.1 Å². The van der Waals surface area contributed by atoms with Crippen LogP contribution in [0.25, 0.3) is 0 Å². The smallest absolute Gasteiger partial charge is 0.274 e. The number of nitrogens with one attached hydrogen (secondary N) is 1. The van der Waals surface area contributed by atoms with E-state index in [0.29, 0.717) is 11.9 Å². The van der Waals surface area contributed by atoms with E-state index < -0.39 is 4.92 Å². The summed E-state index contributed by atoms with van der Waals surface area (Å²) in [6, 6.07) is 5.30. The molecule has 0 aromatic heterocycles. The minimum Gasteiger partial charge on any atom is -0.380 e. The van der Waals surface area contributed by atoms with Crippen LogP contribution in [-0.2, 0) is 0 Å². The second-order valence-corrected chi connectivity index (χ2v) is 2.50. The highest BCUT2D eigenvalue weighted by molar-refractivity contribution is 5.46. The van der Waals surface area contributed by atoms with Crippen molar-refractivity contribution in [1.29, 1.82) is 0 Å². The van der Waals surface area contributed by atoms with E-state index in [2.05, 4.69) is 5.32 Å². The molecule has 0 amide bonds. The molecule has 0 aliphatic heterocycles. The molecule has 1 aromatic rings. The molecule has 1 aromatic carbocycles. The zero-order valence-corrected chi connectivity index (χ0v) is 7.11. The molecule has 0 fully saturated rings. The number of nitro groups is 1. The van der Waals surface area contributed by atoms with E-state index in [-0.39, 0.29) is 11.6 Å². The Hall–Kier alpha value is -2.11. The normalized spacial score (nSPS) is 11.1. The topological polar surface area (TPSA) is 81.2 Å². The number of anilines is 1. The average Bonchev–Trinajstić information content (AvgIpc) is 2.07. The van der Waals surface area contributed by atoms with Gasteiger partial charge in [-0.05, 0) is 24.3 Å². The van der Waals surface area contributed by atoms with Gasteiger partial charge in [-0.15, -0.1) is 0 Å². The zero-order chi connectivity index (χ0) is 10.6. The Morgan fingerprint density at radius 3 is 2.57 bits per heavy atom. The molecule has 0 saturated heterocycles. The lowest BCUT2D eigenvalue weighted by molar-refractivity contribution is -0.403. The summed E-state index contributed by atoms with van der Waals surface area (Å²) in [6.07, 6.45) is 0.628. The van der Waals surface area contributed by atoms with Gasteiger partial charge in [-0.25, -0.2) is 4.39 Å². The van der Waals surface area contributed by atoms with Crippen molar-refractivity contribution < 1.29 is 9.31 Å². The van der Waals surface area contributed by atoms with Crippen LogP contribution in [0.4, 0.5) is 10.1 Å². The van der Waals surface area contributed by atoms with E-state index in [9.17, 15) is 14.5 Å². The molecule has 0 radical (unpaired) electrons. The standard InChI is InChI=1S/C8H8FN3O2/c9-6-1-3-7(4-2-6)11-8(10)5-12(13)14/h1-5,11H,10H2/b8-5+. The van der Waals surface area contributed by atoms with Gasteiger partial charge in [-0.1, -0.05) is 0 Å². The Morgan fingerprint density at radius 2 is 2.07 bits per heavy atom. The molecule has 0 saturated carbocycles. The van der Waals surface area contributed by atoms with Crippen LogP contribution in [0.2, 0.25) is 0 Å². The molecule has 14 heavy (non-hydrogen) atoms. The lowest BCUT2D eigenvalue weighted by Gasteiger charge is -2.02. The number of hydrogen-bond donors (Lipinski definition) is 2. The molecule has 0 aliphatic rings. The van der Waals surface area contributed by atoms with E-state index in [1.165, 1.54) is 24.3 Å². The number of nitrogens with two attached hydrogens (primary N) is 1. The van der Waals surface area contributed by atoms with Crippen LogP contribution in [-0.4, -0.2) is 4.92 Å². The maximum Gasteiger partial charge on any atom is 0.274 e. The van der Waals surface area contributed by atoms with Gasteiger partial charge in [-0.2, -0.15) is 0 Å². The third-order valence-corrected chi connectivity index (χ3v) is 1.38. The molecule has 5 nitrogen and oxygen atoms in total. The van der Waals surface area contributed by atoms with Gasteiger partial charge < -0.3 is 11.1 Å². The predicted octanol–water partition coefficient (Wildman–Crippen LogP) is 1.27. The highest BCUT2D eigenvalue weighted by atomic mass is 19.1. The number of halogens is 1. The first kappa shape index (κ1) is 9.97. The molecule has 0 spiro atoms. The Bertz CT molecular complexity index is 361. The van der Waals surface area contributed by atoms with E-state index in [4.69, 9.17) is 5.73 Å². The highest BCUT2D eigenvalue weighted by Crippen LogP contribution is 2.09. The molecular formula is C8H8FN3O2. The van der Waals surface area contributed by atoms with Crippen LogP contribution >= 0.6 is 0 Å². The van der Waals surface area contributed by atoms with Gasteiger partial charge in [0, 0.05) is 5.69 Å². The van der Waals surface area contributed by atoms with E-state index in [1.54, 1.807) is 0 Å². The minimum absolute atomic E-state index is 0.110. The molecular weight excluding hydrogens is 189 g/mol. The van der Waals surface area contributed by atoms with Gasteiger partial charge in [0.15, 0.2) is 5.82 Å². The zero-order valence-electron chi connectivity index (χ0n) is 7.11. The Morgan fingerprint density at radius 1 is 1.50 bits per heavy atom. The van der Waals surface area contributed by atoms with Crippen LogP contribution in [0.1, 0.15) is 0 Å². The largest absolute Gasteiger partial charge is 0.380 e. The number of rotatable bonds is 3. The third-order valence-electron chi connectivity index (χ3n) is 1.38. The molecule has 6 heteroatoms. The van der Waals surface area contributed by atoms with Crippen LogP contribution in [0.5, 0.6) is 0 Å². The summed E-state index contributed by atoms with van der Waals surface area (Å²) >= 11 is 0. The van der Waals surface area contributed by atoms with Crippen LogP contribution in [0.15, 0.2) is 36.3 Å². The van der Waals surface area contributed by atoms with Gasteiger partial charge in [0.2, 0.25) is 0 Å². The van der Waals surface area contributed by atoms with Gasteiger partial charge >= 0.3 is 0 Å². The second-order valence-electron chi connectivity index (χ2n) is 2.50. The predicted molar refractivity (Wildman–Crippen MR) is 49.3 cm³/mol.